The molecule has 2 atom stereocenters. The second-order valence-corrected chi connectivity index (χ2v) is 9.78. The highest BCUT2D eigenvalue weighted by atomic mass is 35.5. The van der Waals surface area contributed by atoms with Crippen molar-refractivity contribution in [1.82, 2.24) is 5.32 Å². The molecular formula is C25H20Cl2F3N3O5S. The fraction of sp³-hybridized carbons (Fsp3) is 0.280. The van der Waals surface area contributed by atoms with Gasteiger partial charge in [-0.1, -0.05) is 41.0 Å². The Morgan fingerprint density at radius 3 is 2.44 bits per heavy atom. The van der Waals surface area contributed by atoms with Crippen molar-refractivity contribution in [3.63, 3.8) is 0 Å². The van der Waals surface area contributed by atoms with E-state index >= 15 is 0 Å². The first-order valence-corrected chi connectivity index (χ1v) is 12.9. The molecule has 14 heteroatoms. The first kappa shape index (κ1) is 30.1. The number of hydrogen-bond acceptors (Lipinski definition) is 7. The van der Waals surface area contributed by atoms with E-state index < -0.39 is 41.4 Å². The third-order valence-corrected chi connectivity index (χ3v) is 7.05. The Hall–Kier alpha value is -3.40. The molecule has 0 unspecified atom stereocenters. The average molecular weight is 602 g/mol. The molecule has 8 nitrogen and oxygen atoms in total. The molecule has 0 bridgehead atoms. The number of nitrogens with zero attached hydrogens (tertiary/aromatic N) is 1. The highest BCUT2D eigenvalue weighted by Crippen LogP contribution is 2.44. The summed E-state index contributed by atoms with van der Waals surface area (Å²) in [5.41, 5.74) is -0.842. The van der Waals surface area contributed by atoms with Crippen molar-refractivity contribution < 1.29 is 37.0 Å². The standard InChI is InChI=1S/C25H20Cl2F3N3O5S/c1-3-38-21-16(26)7-12(8-17(21)27)19-15(10-31)23(33-22(35)20(19)24(36)37-2)39-11-18(34)32-14-6-4-5-13(9-14)25(28,29)30/h4-9,19-20H,3,11H2,1-2H3,(H,32,34)(H,33,35)/t19-,20-/m1/s1. The van der Waals surface area contributed by atoms with Crippen LogP contribution in [-0.2, 0) is 25.3 Å². The molecule has 2 amide bonds. The molecule has 39 heavy (non-hydrogen) atoms. The first-order chi connectivity index (χ1) is 18.4. The number of benzene rings is 2. The molecule has 206 valence electrons. The number of carbonyl (C=O) groups is 3. The van der Waals surface area contributed by atoms with Crippen molar-refractivity contribution in [2.24, 2.45) is 5.92 Å². The predicted octanol–water partition coefficient (Wildman–Crippen LogP) is 5.52. The second-order valence-electron chi connectivity index (χ2n) is 7.98. The third kappa shape index (κ3) is 6.98. The smallest absolute Gasteiger partial charge is 0.416 e. The largest absolute Gasteiger partial charge is 0.491 e. The summed E-state index contributed by atoms with van der Waals surface area (Å²) < 4.78 is 49.1. The van der Waals surface area contributed by atoms with Crippen LogP contribution in [0.1, 0.15) is 24.0 Å². The van der Waals surface area contributed by atoms with Gasteiger partial charge in [0, 0.05) is 11.6 Å². The van der Waals surface area contributed by atoms with Crippen molar-refractivity contribution in [1.29, 1.82) is 5.26 Å². The third-order valence-electron chi connectivity index (χ3n) is 5.47. The van der Waals surface area contributed by atoms with E-state index in [9.17, 15) is 32.8 Å². The maximum atomic E-state index is 13.0. The van der Waals surface area contributed by atoms with E-state index in [2.05, 4.69) is 10.6 Å². The molecule has 2 N–H and O–H groups in total. The molecule has 0 fully saturated rings. The SMILES string of the molecule is CCOc1c(Cl)cc([C@@H]2C(C#N)=C(SCC(=O)Nc3cccc(C(F)(F)F)c3)NC(=O)[C@@H]2C(=O)OC)cc1Cl. The van der Waals surface area contributed by atoms with Crippen LogP contribution in [-0.4, -0.2) is 37.3 Å². The number of halogens is 5. The van der Waals surface area contributed by atoms with Gasteiger partial charge < -0.3 is 20.1 Å². The highest BCUT2D eigenvalue weighted by Gasteiger charge is 2.45. The average Bonchev–Trinajstić information content (AvgIpc) is 2.88. The molecule has 1 heterocycles. The Morgan fingerprint density at radius 1 is 1.21 bits per heavy atom. The highest BCUT2D eigenvalue weighted by molar-refractivity contribution is 8.03. The summed E-state index contributed by atoms with van der Waals surface area (Å²) in [7, 11) is 1.09. The molecule has 0 saturated carbocycles. The Labute approximate surface area is 235 Å². The molecule has 0 aliphatic carbocycles. The molecule has 1 aliphatic heterocycles. The number of allylic oxidation sites excluding steroid dienone is 1. The van der Waals surface area contributed by atoms with Crippen molar-refractivity contribution in [3.8, 4) is 11.8 Å². The quantitative estimate of drug-likeness (QED) is 0.302. The fourth-order valence-electron chi connectivity index (χ4n) is 3.83. The number of nitrogens with one attached hydrogen (secondary N) is 2. The summed E-state index contributed by atoms with van der Waals surface area (Å²) in [4.78, 5) is 38.1. The van der Waals surface area contributed by atoms with Crippen LogP contribution < -0.4 is 15.4 Å². The van der Waals surface area contributed by atoms with Gasteiger partial charge in [0.1, 0.15) is 5.92 Å². The molecule has 0 saturated heterocycles. The normalized spacial score (nSPS) is 17.2. The summed E-state index contributed by atoms with van der Waals surface area (Å²) in [5.74, 6) is -5.25. The van der Waals surface area contributed by atoms with Gasteiger partial charge in [0.05, 0.1) is 51.7 Å². The Morgan fingerprint density at radius 2 is 1.87 bits per heavy atom. The van der Waals surface area contributed by atoms with E-state index in [1.165, 1.54) is 18.2 Å². The van der Waals surface area contributed by atoms with Gasteiger partial charge in [-0.25, -0.2) is 0 Å². The molecular weight excluding hydrogens is 582 g/mol. The summed E-state index contributed by atoms with van der Waals surface area (Å²) in [6.07, 6.45) is -4.59. The lowest BCUT2D eigenvalue weighted by molar-refractivity contribution is -0.150. The van der Waals surface area contributed by atoms with Gasteiger partial charge in [0.2, 0.25) is 11.8 Å². The van der Waals surface area contributed by atoms with Crippen molar-refractivity contribution in [2.75, 3.05) is 24.8 Å². The van der Waals surface area contributed by atoms with Crippen LogP contribution in [0.25, 0.3) is 0 Å². The minimum Gasteiger partial charge on any atom is -0.491 e. The van der Waals surface area contributed by atoms with Crippen molar-refractivity contribution in [3.05, 3.63) is 68.2 Å². The monoisotopic (exact) mass is 601 g/mol. The summed E-state index contributed by atoms with van der Waals surface area (Å²) in [6, 6.07) is 8.88. The lowest BCUT2D eigenvalue weighted by Gasteiger charge is -2.31. The van der Waals surface area contributed by atoms with Crippen LogP contribution in [0.15, 0.2) is 47.0 Å². The van der Waals surface area contributed by atoms with Crippen LogP contribution in [0, 0.1) is 17.2 Å². The number of methoxy groups -OCH3 is 1. The maximum Gasteiger partial charge on any atom is 0.416 e. The number of alkyl halides is 3. The fourth-order valence-corrected chi connectivity index (χ4v) is 5.29. The second kappa shape index (κ2) is 12.6. The van der Waals surface area contributed by atoms with E-state index in [1.807, 2.05) is 6.07 Å². The minimum absolute atomic E-state index is 0.0204. The summed E-state index contributed by atoms with van der Waals surface area (Å²) in [6.45, 7) is 1.99. The number of esters is 1. The van der Waals surface area contributed by atoms with Crippen LogP contribution in [0.5, 0.6) is 5.75 Å². The molecule has 2 aromatic rings. The van der Waals surface area contributed by atoms with E-state index in [0.29, 0.717) is 0 Å². The summed E-state index contributed by atoms with van der Waals surface area (Å²) >= 11 is 13.4. The van der Waals surface area contributed by atoms with Gasteiger partial charge >= 0.3 is 12.1 Å². The van der Waals surface area contributed by atoms with E-state index in [1.54, 1.807) is 6.92 Å². The van der Waals surface area contributed by atoms with Crippen molar-refractivity contribution in [2.45, 2.75) is 19.0 Å². The topological polar surface area (TPSA) is 118 Å². The van der Waals surface area contributed by atoms with E-state index in [0.717, 1.165) is 37.1 Å². The van der Waals surface area contributed by atoms with Crippen LogP contribution in [0.3, 0.4) is 0 Å². The van der Waals surface area contributed by atoms with Gasteiger partial charge in [0.25, 0.3) is 0 Å². The van der Waals surface area contributed by atoms with E-state index in [4.69, 9.17) is 32.7 Å². The number of hydrogen-bond donors (Lipinski definition) is 2. The van der Waals surface area contributed by atoms with E-state index in [-0.39, 0.29) is 50.0 Å². The zero-order valence-corrected chi connectivity index (χ0v) is 22.6. The van der Waals surface area contributed by atoms with Crippen LogP contribution >= 0.6 is 35.0 Å². The van der Waals surface area contributed by atoms with Crippen molar-refractivity contribution >= 4 is 58.4 Å². The number of thioether (sulfide) groups is 1. The number of carbonyl (C=O) groups excluding carboxylic acids is 3. The number of rotatable bonds is 8. The Bertz CT molecular complexity index is 1350. The van der Waals surface area contributed by atoms with Gasteiger partial charge in [0.15, 0.2) is 5.75 Å². The molecule has 1 aliphatic rings. The number of nitriles is 1. The zero-order chi connectivity index (χ0) is 28.9. The number of anilines is 1. The molecule has 3 rings (SSSR count). The molecule has 0 radical (unpaired) electrons. The van der Waals surface area contributed by atoms with Gasteiger partial charge in [-0.15, -0.1) is 0 Å². The summed E-state index contributed by atoms with van der Waals surface area (Å²) in [5, 5.41) is 15.0. The maximum absolute atomic E-state index is 13.0. The first-order valence-electron chi connectivity index (χ1n) is 11.2. The minimum atomic E-state index is -4.59. The molecule has 0 spiro atoms. The lowest BCUT2D eigenvalue weighted by Crippen LogP contribution is -2.44. The Balaban J connectivity index is 1.94. The zero-order valence-electron chi connectivity index (χ0n) is 20.3. The molecule has 0 aromatic heterocycles. The van der Waals surface area contributed by atoms with Crippen LogP contribution in [0.2, 0.25) is 10.0 Å². The number of ether oxygens (including phenoxy) is 2. The lowest BCUT2D eigenvalue weighted by atomic mass is 9.78. The molecule has 2 aromatic carbocycles. The predicted molar refractivity (Wildman–Crippen MR) is 139 cm³/mol. The van der Waals surface area contributed by atoms with Crippen LogP contribution in [0.4, 0.5) is 18.9 Å². The Kier molecular flexibility index (Phi) is 9.77. The van der Waals surface area contributed by atoms with Gasteiger partial charge in [-0.3, -0.25) is 14.4 Å². The number of amides is 2. The van der Waals surface area contributed by atoms with Gasteiger partial charge in [-0.2, -0.15) is 18.4 Å². The van der Waals surface area contributed by atoms with Gasteiger partial charge in [-0.05, 0) is 42.8 Å².